The lowest BCUT2D eigenvalue weighted by Crippen LogP contribution is -2.25. The Labute approximate surface area is 112 Å². The van der Waals surface area contributed by atoms with Crippen LogP contribution in [-0.2, 0) is 13.0 Å². The van der Waals surface area contributed by atoms with Gasteiger partial charge in [0.2, 0.25) is 0 Å². The molecule has 1 aromatic heterocycles. The summed E-state index contributed by atoms with van der Waals surface area (Å²) in [5.41, 5.74) is 1.44. The summed E-state index contributed by atoms with van der Waals surface area (Å²) in [5.74, 6) is 0.800. The van der Waals surface area contributed by atoms with Gasteiger partial charge in [0.05, 0.1) is 5.52 Å². The molecular formula is C15H20FN3. The van der Waals surface area contributed by atoms with Crippen LogP contribution in [0.3, 0.4) is 0 Å². The smallest absolute Gasteiger partial charge is 0.151 e. The number of hydrogen-bond acceptors (Lipinski definition) is 2. The quantitative estimate of drug-likeness (QED) is 0.917. The third-order valence-corrected chi connectivity index (χ3v) is 3.85. The number of fused-ring (bicyclic) bond motifs is 1. The summed E-state index contributed by atoms with van der Waals surface area (Å²) in [7, 11) is 0. The number of halogens is 1. The molecule has 1 unspecified atom stereocenters. The lowest BCUT2D eigenvalue weighted by atomic mass is 10.1. The summed E-state index contributed by atoms with van der Waals surface area (Å²) in [4.78, 5) is 4.54. The van der Waals surface area contributed by atoms with Crippen molar-refractivity contribution in [2.75, 3.05) is 6.54 Å². The molecule has 1 aromatic carbocycles. The maximum absolute atomic E-state index is 13.8. The molecule has 1 saturated heterocycles. The summed E-state index contributed by atoms with van der Waals surface area (Å²) >= 11 is 0. The van der Waals surface area contributed by atoms with Gasteiger partial charge in [0, 0.05) is 19.0 Å². The number of imidazole rings is 1. The van der Waals surface area contributed by atoms with Crippen LogP contribution >= 0.6 is 0 Å². The van der Waals surface area contributed by atoms with E-state index in [1.165, 1.54) is 18.9 Å². The van der Waals surface area contributed by atoms with Gasteiger partial charge in [0.25, 0.3) is 0 Å². The first-order valence-corrected chi connectivity index (χ1v) is 7.16. The first-order chi connectivity index (χ1) is 9.29. The molecule has 0 bridgehead atoms. The van der Waals surface area contributed by atoms with E-state index in [0.717, 1.165) is 37.3 Å². The van der Waals surface area contributed by atoms with E-state index in [-0.39, 0.29) is 5.82 Å². The second-order valence-corrected chi connectivity index (χ2v) is 5.28. The van der Waals surface area contributed by atoms with Gasteiger partial charge in [-0.05, 0) is 37.9 Å². The van der Waals surface area contributed by atoms with Crippen molar-refractivity contribution >= 4 is 11.0 Å². The molecular weight excluding hydrogens is 241 g/mol. The average Bonchev–Trinajstić information content (AvgIpc) is 3.01. The molecule has 2 heterocycles. The van der Waals surface area contributed by atoms with Crippen LogP contribution in [0.15, 0.2) is 18.2 Å². The summed E-state index contributed by atoms with van der Waals surface area (Å²) in [6, 6.07) is 5.72. The maximum Gasteiger partial charge on any atom is 0.151 e. The van der Waals surface area contributed by atoms with Gasteiger partial charge in [-0.2, -0.15) is 0 Å². The van der Waals surface area contributed by atoms with Crippen LogP contribution < -0.4 is 5.32 Å². The van der Waals surface area contributed by atoms with Crippen molar-refractivity contribution in [1.29, 1.82) is 0 Å². The Morgan fingerprint density at radius 1 is 1.47 bits per heavy atom. The highest BCUT2D eigenvalue weighted by Gasteiger charge is 2.19. The molecule has 1 atom stereocenters. The van der Waals surface area contributed by atoms with Crippen LogP contribution in [0.25, 0.3) is 11.0 Å². The van der Waals surface area contributed by atoms with E-state index in [0.29, 0.717) is 11.6 Å². The van der Waals surface area contributed by atoms with Gasteiger partial charge >= 0.3 is 0 Å². The molecule has 0 radical (unpaired) electrons. The lowest BCUT2D eigenvalue weighted by Gasteiger charge is -2.12. The molecule has 102 valence electrons. The van der Waals surface area contributed by atoms with Gasteiger partial charge in [-0.1, -0.05) is 13.0 Å². The van der Waals surface area contributed by atoms with Crippen LogP contribution in [0.4, 0.5) is 4.39 Å². The van der Waals surface area contributed by atoms with Gasteiger partial charge in [-0.3, -0.25) is 0 Å². The maximum atomic E-state index is 13.8. The average molecular weight is 261 g/mol. The molecule has 1 N–H and O–H groups in total. The van der Waals surface area contributed by atoms with Crippen LogP contribution in [0, 0.1) is 5.82 Å². The Morgan fingerprint density at radius 3 is 3.11 bits per heavy atom. The second-order valence-electron chi connectivity index (χ2n) is 5.28. The topological polar surface area (TPSA) is 29.9 Å². The number of nitrogens with zero attached hydrogens (tertiary/aromatic N) is 2. The lowest BCUT2D eigenvalue weighted by molar-refractivity contribution is 0.555. The van der Waals surface area contributed by atoms with E-state index < -0.39 is 0 Å². The minimum Gasteiger partial charge on any atom is -0.328 e. The highest BCUT2D eigenvalue weighted by molar-refractivity contribution is 5.76. The number of benzene rings is 1. The first kappa shape index (κ1) is 12.6. The number of hydrogen-bond donors (Lipinski definition) is 1. The minimum absolute atomic E-state index is 0.215. The highest BCUT2D eigenvalue weighted by atomic mass is 19.1. The number of nitrogens with one attached hydrogen (secondary N) is 1. The summed E-state index contributed by atoms with van der Waals surface area (Å²) in [5, 5.41) is 3.49. The van der Waals surface area contributed by atoms with Crippen LogP contribution in [-0.4, -0.2) is 22.1 Å². The molecule has 0 amide bonds. The zero-order valence-corrected chi connectivity index (χ0v) is 11.3. The SMILES string of the molecule is CCCn1c(CC2CCCN2)nc2c(F)cccc21. The van der Waals surface area contributed by atoms with E-state index in [4.69, 9.17) is 0 Å². The number of aryl methyl sites for hydroxylation is 1. The van der Waals surface area contributed by atoms with Crippen LogP contribution in [0.5, 0.6) is 0 Å². The predicted molar refractivity (Wildman–Crippen MR) is 74.7 cm³/mol. The third kappa shape index (κ3) is 2.37. The molecule has 2 aromatic rings. The molecule has 0 spiro atoms. The first-order valence-electron chi connectivity index (χ1n) is 7.16. The third-order valence-electron chi connectivity index (χ3n) is 3.85. The number of para-hydroxylation sites is 1. The molecule has 0 saturated carbocycles. The van der Waals surface area contributed by atoms with Gasteiger partial charge in [0.15, 0.2) is 5.82 Å². The van der Waals surface area contributed by atoms with Crippen LogP contribution in [0.2, 0.25) is 0 Å². The number of rotatable bonds is 4. The second kappa shape index (κ2) is 5.29. The van der Waals surface area contributed by atoms with E-state index in [1.54, 1.807) is 6.07 Å². The van der Waals surface area contributed by atoms with Crippen molar-refractivity contribution in [2.45, 2.75) is 45.2 Å². The standard InChI is InChI=1S/C15H20FN3/c1-2-9-19-13-7-3-6-12(16)15(13)18-14(19)10-11-5-4-8-17-11/h3,6-7,11,17H,2,4-5,8-10H2,1H3. The van der Waals surface area contributed by atoms with Gasteiger partial charge < -0.3 is 9.88 Å². The van der Waals surface area contributed by atoms with Gasteiger partial charge in [-0.25, -0.2) is 9.37 Å². The molecule has 3 rings (SSSR count). The molecule has 19 heavy (non-hydrogen) atoms. The molecule has 3 nitrogen and oxygen atoms in total. The van der Waals surface area contributed by atoms with Crippen molar-refractivity contribution < 1.29 is 4.39 Å². The fraction of sp³-hybridized carbons (Fsp3) is 0.533. The zero-order chi connectivity index (χ0) is 13.2. The van der Waals surface area contributed by atoms with Crippen molar-refractivity contribution in [3.05, 3.63) is 29.8 Å². The van der Waals surface area contributed by atoms with E-state index in [2.05, 4.69) is 21.8 Å². The Hall–Kier alpha value is -1.42. The van der Waals surface area contributed by atoms with Crippen molar-refractivity contribution in [2.24, 2.45) is 0 Å². The molecule has 4 heteroatoms. The molecule has 1 aliphatic rings. The zero-order valence-electron chi connectivity index (χ0n) is 11.3. The molecule has 0 aliphatic carbocycles. The summed E-state index contributed by atoms with van der Waals surface area (Å²) < 4.78 is 16.0. The van der Waals surface area contributed by atoms with Crippen LogP contribution in [0.1, 0.15) is 32.0 Å². The fourth-order valence-electron chi connectivity index (χ4n) is 2.94. The largest absolute Gasteiger partial charge is 0.328 e. The summed E-state index contributed by atoms with van der Waals surface area (Å²) in [6.07, 6.45) is 4.35. The minimum atomic E-state index is -0.215. The van der Waals surface area contributed by atoms with Crippen molar-refractivity contribution in [3.63, 3.8) is 0 Å². The predicted octanol–water partition coefficient (Wildman–Crippen LogP) is 2.88. The normalized spacial score (nSPS) is 19.4. The molecule has 1 aliphatic heterocycles. The van der Waals surface area contributed by atoms with Gasteiger partial charge in [-0.15, -0.1) is 0 Å². The monoisotopic (exact) mass is 261 g/mol. The van der Waals surface area contributed by atoms with E-state index >= 15 is 0 Å². The fourth-order valence-corrected chi connectivity index (χ4v) is 2.94. The Morgan fingerprint density at radius 2 is 2.37 bits per heavy atom. The van der Waals surface area contributed by atoms with Gasteiger partial charge in [0.1, 0.15) is 11.3 Å². The Kier molecular flexibility index (Phi) is 3.51. The van der Waals surface area contributed by atoms with Crippen molar-refractivity contribution in [3.8, 4) is 0 Å². The number of aromatic nitrogens is 2. The Bertz CT molecular complexity index is 570. The summed E-state index contributed by atoms with van der Waals surface area (Å²) in [6.45, 7) is 4.14. The highest BCUT2D eigenvalue weighted by Crippen LogP contribution is 2.21. The van der Waals surface area contributed by atoms with Crippen molar-refractivity contribution in [1.82, 2.24) is 14.9 Å². The molecule has 1 fully saturated rings. The van der Waals surface area contributed by atoms with E-state index in [9.17, 15) is 4.39 Å². The van der Waals surface area contributed by atoms with E-state index in [1.807, 2.05) is 6.07 Å². The Balaban J connectivity index is 2.01.